The summed E-state index contributed by atoms with van der Waals surface area (Å²) in [5.41, 5.74) is 3.36. The van der Waals surface area contributed by atoms with Crippen LogP contribution in [0, 0.1) is 5.82 Å². The number of carbonyl (C=O) groups is 1. The van der Waals surface area contributed by atoms with Crippen LogP contribution in [0.15, 0.2) is 47.8 Å². The van der Waals surface area contributed by atoms with Gasteiger partial charge in [0.05, 0.1) is 0 Å². The van der Waals surface area contributed by atoms with Gasteiger partial charge in [-0.25, -0.2) is 4.39 Å². The first-order valence-electron chi connectivity index (χ1n) is 9.71. The van der Waals surface area contributed by atoms with Gasteiger partial charge in [0.1, 0.15) is 5.82 Å². The second-order valence-electron chi connectivity index (χ2n) is 7.53. The molecular formula is C22H22FN3OS. The van der Waals surface area contributed by atoms with E-state index < -0.39 is 0 Å². The summed E-state index contributed by atoms with van der Waals surface area (Å²) in [5.74, 6) is -0.475. The van der Waals surface area contributed by atoms with Crippen molar-refractivity contribution in [2.75, 3.05) is 37.6 Å². The third kappa shape index (κ3) is 3.16. The molecule has 144 valence electrons. The lowest BCUT2D eigenvalue weighted by molar-refractivity contribution is 0.0946. The quantitative estimate of drug-likeness (QED) is 0.734. The minimum atomic E-state index is -0.327. The molecule has 5 rings (SSSR count). The van der Waals surface area contributed by atoms with Crippen molar-refractivity contribution in [1.82, 2.24) is 10.2 Å². The zero-order valence-electron chi connectivity index (χ0n) is 15.5. The molecule has 0 aliphatic carbocycles. The molecule has 1 aromatic heterocycles. The van der Waals surface area contributed by atoms with E-state index in [1.165, 1.54) is 45.6 Å². The first kappa shape index (κ1) is 17.6. The average molecular weight is 396 g/mol. The number of anilines is 1. The van der Waals surface area contributed by atoms with Crippen LogP contribution in [0.2, 0.25) is 0 Å². The van der Waals surface area contributed by atoms with Gasteiger partial charge in [0.25, 0.3) is 5.91 Å². The van der Waals surface area contributed by atoms with Crippen LogP contribution in [0.3, 0.4) is 0 Å². The molecule has 0 bridgehead atoms. The Labute approximate surface area is 167 Å². The standard InChI is InChI=1S/C22H22FN3OS/c23-17-6-4-15(5-7-17)22(27)24-8-9-25-10-11-26-18(13-25)12-16-14-28-20-3-1-2-19(26)21(16)20/h1-7,14,18H,8-13H2,(H,24,27). The minimum absolute atomic E-state index is 0.147. The van der Waals surface area contributed by atoms with Gasteiger partial charge in [-0.2, -0.15) is 0 Å². The number of nitrogens with zero attached hydrogens (tertiary/aromatic N) is 2. The van der Waals surface area contributed by atoms with E-state index in [-0.39, 0.29) is 11.7 Å². The first-order valence-corrected chi connectivity index (χ1v) is 10.6. The summed E-state index contributed by atoms with van der Waals surface area (Å²) in [4.78, 5) is 17.2. The molecule has 6 heteroatoms. The Balaban J connectivity index is 1.19. The molecule has 1 N–H and O–H groups in total. The Bertz CT molecular complexity index is 1020. The number of nitrogens with one attached hydrogen (secondary N) is 1. The molecule has 2 aliphatic heterocycles. The highest BCUT2D eigenvalue weighted by Gasteiger charge is 2.32. The molecule has 1 unspecified atom stereocenters. The Morgan fingerprint density at radius 2 is 2.04 bits per heavy atom. The Hall–Kier alpha value is -2.44. The molecule has 3 aromatic rings. The van der Waals surface area contributed by atoms with Gasteiger partial charge >= 0.3 is 0 Å². The second kappa shape index (κ2) is 7.18. The molecule has 1 saturated heterocycles. The van der Waals surface area contributed by atoms with Crippen molar-refractivity contribution in [2.24, 2.45) is 0 Å². The first-order chi connectivity index (χ1) is 13.7. The summed E-state index contributed by atoms with van der Waals surface area (Å²) in [6.07, 6.45) is 1.09. The van der Waals surface area contributed by atoms with Gasteiger partial charge in [-0.05, 0) is 53.8 Å². The van der Waals surface area contributed by atoms with Gasteiger partial charge in [0, 0.05) is 60.1 Å². The predicted molar refractivity (Wildman–Crippen MR) is 112 cm³/mol. The molecule has 3 heterocycles. The molecule has 0 saturated carbocycles. The summed E-state index contributed by atoms with van der Waals surface area (Å²) in [6, 6.07) is 12.8. The van der Waals surface area contributed by atoms with E-state index in [2.05, 4.69) is 38.7 Å². The number of carbonyl (C=O) groups excluding carboxylic acids is 1. The molecule has 28 heavy (non-hydrogen) atoms. The molecule has 0 spiro atoms. The van der Waals surface area contributed by atoms with Gasteiger partial charge in [-0.3, -0.25) is 9.69 Å². The average Bonchev–Trinajstić information content (AvgIpc) is 3.12. The molecule has 2 aliphatic rings. The van der Waals surface area contributed by atoms with Crippen LogP contribution in [0.1, 0.15) is 15.9 Å². The largest absolute Gasteiger partial charge is 0.365 e. The number of amides is 1. The summed E-state index contributed by atoms with van der Waals surface area (Å²) in [5, 5.41) is 6.71. The zero-order valence-corrected chi connectivity index (χ0v) is 16.3. The lowest BCUT2D eigenvalue weighted by Crippen LogP contribution is -2.56. The van der Waals surface area contributed by atoms with E-state index in [9.17, 15) is 9.18 Å². The predicted octanol–water partition coefficient (Wildman–Crippen LogP) is 3.52. The number of halogens is 1. The highest BCUT2D eigenvalue weighted by atomic mass is 32.1. The normalized spacial score (nSPS) is 18.9. The zero-order chi connectivity index (χ0) is 19.1. The highest BCUT2D eigenvalue weighted by molar-refractivity contribution is 7.17. The SMILES string of the molecule is O=C(NCCN1CCN2c3cccc4scc(c34)CC2C1)c1ccc(F)cc1. The number of piperazine rings is 1. The molecule has 1 atom stereocenters. The fourth-order valence-corrected chi connectivity index (χ4v) is 5.42. The van der Waals surface area contributed by atoms with Crippen molar-refractivity contribution in [2.45, 2.75) is 12.5 Å². The van der Waals surface area contributed by atoms with Crippen LogP contribution >= 0.6 is 11.3 Å². The summed E-state index contributed by atoms with van der Waals surface area (Å²) in [6.45, 7) is 4.46. The van der Waals surface area contributed by atoms with Crippen LogP contribution < -0.4 is 10.2 Å². The van der Waals surface area contributed by atoms with Gasteiger partial charge in [0.2, 0.25) is 0 Å². The van der Waals surface area contributed by atoms with E-state index >= 15 is 0 Å². The van der Waals surface area contributed by atoms with Crippen molar-refractivity contribution >= 4 is 33.0 Å². The van der Waals surface area contributed by atoms with Gasteiger partial charge < -0.3 is 10.2 Å². The maximum Gasteiger partial charge on any atom is 0.251 e. The van der Waals surface area contributed by atoms with E-state index in [0.717, 1.165) is 32.6 Å². The minimum Gasteiger partial charge on any atom is -0.365 e. The van der Waals surface area contributed by atoms with Crippen molar-refractivity contribution in [3.05, 3.63) is 64.8 Å². The van der Waals surface area contributed by atoms with Gasteiger partial charge in [-0.1, -0.05) is 6.07 Å². The highest BCUT2D eigenvalue weighted by Crippen LogP contribution is 2.40. The maximum absolute atomic E-state index is 13.0. The van der Waals surface area contributed by atoms with Crippen LogP contribution in [-0.2, 0) is 6.42 Å². The number of rotatable bonds is 4. The van der Waals surface area contributed by atoms with Crippen molar-refractivity contribution < 1.29 is 9.18 Å². The third-order valence-electron chi connectivity index (χ3n) is 5.81. The molecule has 2 aromatic carbocycles. The Morgan fingerprint density at radius 3 is 2.89 bits per heavy atom. The number of benzene rings is 2. The van der Waals surface area contributed by atoms with E-state index in [0.29, 0.717) is 18.2 Å². The lowest BCUT2D eigenvalue weighted by Gasteiger charge is -2.45. The monoisotopic (exact) mass is 395 g/mol. The van der Waals surface area contributed by atoms with Gasteiger partial charge in [-0.15, -0.1) is 11.3 Å². The second-order valence-corrected chi connectivity index (χ2v) is 8.44. The van der Waals surface area contributed by atoms with Crippen LogP contribution in [0.5, 0.6) is 0 Å². The fourth-order valence-electron chi connectivity index (χ4n) is 4.42. The number of fused-ring (bicyclic) bond motifs is 2. The molecule has 1 amide bonds. The number of hydrogen-bond donors (Lipinski definition) is 1. The van der Waals surface area contributed by atoms with Crippen LogP contribution in [-0.4, -0.2) is 49.6 Å². The third-order valence-corrected chi connectivity index (χ3v) is 6.80. The van der Waals surface area contributed by atoms with E-state index in [1.54, 1.807) is 0 Å². The Kier molecular flexibility index (Phi) is 4.53. The van der Waals surface area contributed by atoms with Crippen molar-refractivity contribution in [1.29, 1.82) is 0 Å². The molecule has 1 fully saturated rings. The lowest BCUT2D eigenvalue weighted by atomic mass is 9.94. The van der Waals surface area contributed by atoms with Crippen molar-refractivity contribution in [3.63, 3.8) is 0 Å². The summed E-state index contributed by atoms with van der Waals surface area (Å²) in [7, 11) is 0. The number of thiophene rings is 1. The van der Waals surface area contributed by atoms with E-state index in [4.69, 9.17) is 0 Å². The summed E-state index contributed by atoms with van der Waals surface area (Å²) < 4.78 is 14.4. The Morgan fingerprint density at radius 1 is 1.18 bits per heavy atom. The van der Waals surface area contributed by atoms with Gasteiger partial charge in [0.15, 0.2) is 0 Å². The topological polar surface area (TPSA) is 35.6 Å². The van der Waals surface area contributed by atoms with Crippen molar-refractivity contribution in [3.8, 4) is 0 Å². The van der Waals surface area contributed by atoms with E-state index in [1.807, 2.05) is 11.3 Å². The molecular weight excluding hydrogens is 373 g/mol. The smallest absolute Gasteiger partial charge is 0.251 e. The molecule has 4 nitrogen and oxygen atoms in total. The fraction of sp³-hybridized carbons (Fsp3) is 0.318. The molecule has 0 radical (unpaired) electrons. The van der Waals surface area contributed by atoms with Crippen LogP contribution in [0.4, 0.5) is 10.1 Å². The van der Waals surface area contributed by atoms with Crippen LogP contribution in [0.25, 0.3) is 10.1 Å². The summed E-state index contributed by atoms with van der Waals surface area (Å²) >= 11 is 1.84. The maximum atomic E-state index is 13.0. The number of hydrogen-bond acceptors (Lipinski definition) is 4.